The minimum Gasteiger partial charge on any atom is -0.433 e. The zero-order chi connectivity index (χ0) is 16.8. The average Bonchev–Trinajstić information content (AvgIpc) is 2.50. The third kappa shape index (κ3) is 4.82. The fraction of sp³-hybridized carbons (Fsp3) is 0.188. The Labute approximate surface area is 137 Å². The summed E-state index contributed by atoms with van der Waals surface area (Å²) in [6.45, 7) is -1.17. The van der Waals surface area contributed by atoms with Crippen molar-refractivity contribution < 1.29 is 18.3 Å². The van der Waals surface area contributed by atoms with Crippen LogP contribution in [0, 0.1) is 6.92 Å². The molecule has 0 saturated heterocycles. The fourth-order valence-corrected chi connectivity index (χ4v) is 2.11. The number of carbonyl (C=O) groups is 1. The van der Waals surface area contributed by atoms with Gasteiger partial charge >= 0.3 is 6.61 Å². The second kappa shape index (κ2) is 7.78. The van der Waals surface area contributed by atoms with Crippen molar-refractivity contribution in [3.63, 3.8) is 0 Å². The van der Waals surface area contributed by atoms with Gasteiger partial charge in [-0.3, -0.25) is 4.79 Å². The van der Waals surface area contributed by atoms with Crippen LogP contribution in [0.1, 0.15) is 5.56 Å². The molecule has 0 aliphatic rings. The minimum absolute atomic E-state index is 0.0375. The number of benzene rings is 2. The van der Waals surface area contributed by atoms with Crippen LogP contribution in [0.5, 0.6) is 5.75 Å². The van der Waals surface area contributed by atoms with Gasteiger partial charge in [0.05, 0.1) is 12.2 Å². The number of rotatable bonds is 6. The molecule has 0 bridgehead atoms. The maximum atomic E-state index is 12.3. The highest BCUT2D eigenvalue weighted by atomic mass is 35.5. The van der Waals surface area contributed by atoms with Crippen LogP contribution in [0.4, 0.5) is 20.2 Å². The highest BCUT2D eigenvalue weighted by Crippen LogP contribution is 2.26. The molecular formula is C16H15ClF2N2O2. The van der Waals surface area contributed by atoms with Gasteiger partial charge in [0.15, 0.2) is 0 Å². The van der Waals surface area contributed by atoms with Crippen LogP contribution in [0.2, 0.25) is 5.02 Å². The van der Waals surface area contributed by atoms with Gasteiger partial charge in [-0.1, -0.05) is 29.8 Å². The topological polar surface area (TPSA) is 50.4 Å². The van der Waals surface area contributed by atoms with Crippen molar-refractivity contribution >= 4 is 28.9 Å². The summed E-state index contributed by atoms with van der Waals surface area (Å²) in [5.74, 6) is -0.482. The molecule has 2 aromatic carbocycles. The van der Waals surface area contributed by atoms with Crippen molar-refractivity contribution in [1.29, 1.82) is 0 Å². The molecule has 0 aliphatic carbocycles. The maximum Gasteiger partial charge on any atom is 0.387 e. The summed E-state index contributed by atoms with van der Waals surface area (Å²) >= 11 is 6.00. The number of anilines is 2. The van der Waals surface area contributed by atoms with Crippen LogP contribution in [0.25, 0.3) is 0 Å². The van der Waals surface area contributed by atoms with E-state index in [1.54, 1.807) is 30.3 Å². The fourth-order valence-electron chi connectivity index (χ4n) is 1.94. The Hall–Kier alpha value is -2.34. The van der Waals surface area contributed by atoms with Crippen molar-refractivity contribution in [2.75, 3.05) is 17.2 Å². The van der Waals surface area contributed by atoms with Gasteiger partial charge in [0.1, 0.15) is 5.75 Å². The van der Waals surface area contributed by atoms with E-state index in [4.69, 9.17) is 11.6 Å². The van der Waals surface area contributed by atoms with E-state index in [1.165, 1.54) is 12.1 Å². The van der Waals surface area contributed by atoms with E-state index >= 15 is 0 Å². The second-order valence-electron chi connectivity index (χ2n) is 4.69. The van der Waals surface area contributed by atoms with Crippen LogP contribution in [0.3, 0.4) is 0 Å². The molecule has 2 N–H and O–H groups in total. The quantitative estimate of drug-likeness (QED) is 0.824. The first-order chi connectivity index (χ1) is 11.0. The number of halogens is 3. The Morgan fingerprint density at radius 3 is 2.61 bits per heavy atom. The SMILES string of the molecule is Cc1c(Cl)cccc1NCC(=O)Nc1ccccc1OC(F)F. The summed E-state index contributed by atoms with van der Waals surface area (Å²) in [6, 6.07) is 11.3. The van der Waals surface area contributed by atoms with E-state index in [-0.39, 0.29) is 18.0 Å². The van der Waals surface area contributed by atoms with E-state index in [2.05, 4.69) is 15.4 Å². The van der Waals surface area contributed by atoms with Gasteiger partial charge in [-0.2, -0.15) is 8.78 Å². The van der Waals surface area contributed by atoms with Crippen LogP contribution in [-0.4, -0.2) is 19.1 Å². The Balaban J connectivity index is 1.99. The third-order valence-electron chi connectivity index (χ3n) is 3.08. The summed E-state index contributed by atoms with van der Waals surface area (Å²) in [5, 5.41) is 6.07. The molecule has 0 heterocycles. The molecule has 0 aliphatic heterocycles. The Kier molecular flexibility index (Phi) is 5.76. The number of alkyl halides is 2. The highest BCUT2D eigenvalue weighted by Gasteiger charge is 2.11. The first kappa shape index (κ1) is 17.0. The van der Waals surface area contributed by atoms with Crippen molar-refractivity contribution in [2.45, 2.75) is 13.5 Å². The van der Waals surface area contributed by atoms with Gasteiger partial charge in [-0.15, -0.1) is 0 Å². The maximum absolute atomic E-state index is 12.3. The molecule has 0 spiro atoms. The minimum atomic E-state index is -2.96. The van der Waals surface area contributed by atoms with Crippen molar-refractivity contribution in [3.8, 4) is 5.75 Å². The van der Waals surface area contributed by atoms with Gasteiger partial charge in [0, 0.05) is 10.7 Å². The lowest BCUT2D eigenvalue weighted by Gasteiger charge is -2.13. The van der Waals surface area contributed by atoms with Crippen LogP contribution in [-0.2, 0) is 4.79 Å². The van der Waals surface area contributed by atoms with E-state index in [0.717, 1.165) is 11.3 Å². The smallest absolute Gasteiger partial charge is 0.387 e. The second-order valence-corrected chi connectivity index (χ2v) is 5.10. The molecular weight excluding hydrogens is 326 g/mol. The van der Waals surface area contributed by atoms with Crippen molar-refractivity contribution in [2.24, 2.45) is 0 Å². The van der Waals surface area contributed by atoms with Gasteiger partial charge in [0.2, 0.25) is 5.91 Å². The van der Waals surface area contributed by atoms with E-state index < -0.39 is 12.5 Å². The van der Waals surface area contributed by atoms with Crippen LogP contribution >= 0.6 is 11.6 Å². The monoisotopic (exact) mass is 340 g/mol. The number of hydrogen-bond donors (Lipinski definition) is 2. The predicted octanol–water partition coefficient (Wildman–Crippen LogP) is 4.30. The van der Waals surface area contributed by atoms with E-state index in [1.807, 2.05) is 6.92 Å². The number of carbonyl (C=O) groups excluding carboxylic acids is 1. The van der Waals surface area contributed by atoms with Gasteiger partial charge in [-0.05, 0) is 36.8 Å². The highest BCUT2D eigenvalue weighted by molar-refractivity contribution is 6.31. The van der Waals surface area contributed by atoms with Gasteiger partial charge < -0.3 is 15.4 Å². The summed E-state index contributed by atoms with van der Waals surface area (Å²) in [4.78, 5) is 12.0. The lowest BCUT2D eigenvalue weighted by molar-refractivity contribution is -0.114. The van der Waals surface area contributed by atoms with Crippen molar-refractivity contribution in [1.82, 2.24) is 0 Å². The van der Waals surface area contributed by atoms with E-state index in [0.29, 0.717) is 5.02 Å². The van der Waals surface area contributed by atoms with Gasteiger partial charge in [0.25, 0.3) is 0 Å². The number of ether oxygens (including phenoxy) is 1. The normalized spacial score (nSPS) is 10.5. The van der Waals surface area contributed by atoms with Crippen molar-refractivity contribution in [3.05, 3.63) is 53.1 Å². The molecule has 0 radical (unpaired) electrons. The largest absolute Gasteiger partial charge is 0.433 e. The first-order valence-electron chi connectivity index (χ1n) is 6.80. The molecule has 0 saturated carbocycles. The number of amides is 1. The van der Waals surface area contributed by atoms with Crippen LogP contribution in [0.15, 0.2) is 42.5 Å². The molecule has 2 rings (SSSR count). The summed E-state index contributed by atoms with van der Waals surface area (Å²) in [7, 11) is 0. The molecule has 122 valence electrons. The molecule has 7 heteroatoms. The molecule has 2 aromatic rings. The zero-order valence-corrected chi connectivity index (χ0v) is 13.0. The summed E-state index contributed by atoms with van der Waals surface area (Å²) < 4.78 is 29.0. The first-order valence-corrected chi connectivity index (χ1v) is 7.18. The Morgan fingerprint density at radius 1 is 1.17 bits per heavy atom. The number of nitrogens with one attached hydrogen (secondary N) is 2. The summed E-state index contributed by atoms with van der Waals surface area (Å²) in [5.41, 5.74) is 1.73. The molecule has 0 atom stereocenters. The molecule has 0 fully saturated rings. The Morgan fingerprint density at radius 2 is 1.87 bits per heavy atom. The average molecular weight is 341 g/mol. The Bertz CT molecular complexity index is 696. The molecule has 4 nitrogen and oxygen atoms in total. The van der Waals surface area contributed by atoms with E-state index in [9.17, 15) is 13.6 Å². The zero-order valence-electron chi connectivity index (χ0n) is 12.3. The molecule has 1 amide bonds. The summed E-state index contributed by atoms with van der Waals surface area (Å²) in [6.07, 6.45) is 0. The number of hydrogen-bond acceptors (Lipinski definition) is 3. The van der Waals surface area contributed by atoms with Gasteiger partial charge in [-0.25, -0.2) is 0 Å². The lowest BCUT2D eigenvalue weighted by atomic mass is 10.2. The van der Waals surface area contributed by atoms with Crippen LogP contribution < -0.4 is 15.4 Å². The number of para-hydroxylation sites is 2. The lowest BCUT2D eigenvalue weighted by Crippen LogP contribution is -2.22. The third-order valence-corrected chi connectivity index (χ3v) is 3.49. The molecule has 0 aromatic heterocycles. The standard InChI is InChI=1S/C16H15ClF2N2O2/c1-10-11(17)5-4-7-12(10)20-9-15(22)21-13-6-2-3-8-14(13)23-16(18)19/h2-8,16,20H,9H2,1H3,(H,21,22). The predicted molar refractivity (Wildman–Crippen MR) is 86.4 cm³/mol. The molecule has 0 unspecified atom stereocenters. The molecule has 23 heavy (non-hydrogen) atoms.